The van der Waals surface area contributed by atoms with Gasteiger partial charge in [0.1, 0.15) is 5.75 Å². The molecule has 3 aromatic rings. The van der Waals surface area contributed by atoms with Crippen molar-refractivity contribution >= 4 is 20.8 Å². The van der Waals surface area contributed by atoms with E-state index in [2.05, 4.69) is 0 Å². The lowest BCUT2D eigenvalue weighted by molar-refractivity contribution is 0.321. The van der Waals surface area contributed by atoms with Crippen LogP contribution in [0.25, 0.3) is 10.8 Å². The summed E-state index contributed by atoms with van der Waals surface area (Å²) in [5, 5.41) is 1.50. The number of sulfonamides is 1. The minimum atomic E-state index is -3.62. The van der Waals surface area contributed by atoms with Gasteiger partial charge in [-0.15, -0.1) is 0 Å². The summed E-state index contributed by atoms with van der Waals surface area (Å²) < 4.78 is 33.5. The van der Waals surface area contributed by atoms with E-state index in [1.165, 1.54) is 4.31 Å². The Hall–Kier alpha value is -2.37. The molecule has 0 unspecified atom stereocenters. The van der Waals surface area contributed by atoms with E-state index in [0.717, 1.165) is 17.4 Å². The molecule has 136 valence electrons. The van der Waals surface area contributed by atoms with E-state index in [1.807, 2.05) is 61.5 Å². The number of hydrogen-bond donors (Lipinski definition) is 0. The van der Waals surface area contributed by atoms with Crippen molar-refractivity contribution in [2.75, 3.05) is 13.7 Å². The lowest BCUT2D eigenvalue weighted by Gasteiger charge is -2.19. The monoisotopic (exact) mass is 369 g/mol. The summed E-state index contributed by atoms with van der Waals surface area (Å²) in [6.07, 6.45) is 0.897. The van der Waals surface area contributed by atoms with Crippen LogP contribution in [0.1, 0.15) is 18.9 Å². The Morgan fingerprint density at radius 1 is 0.885 bits per heavy atom. The number of hydrogen-bond acceptors (Lipinski definition) is 3. The molecule has 26 heavy (non-hydrogen) atoms. The molecule has 0 aromatic heterocycles. The highest BCUT2D eigenvalue weighted by Gasteiger charge is 2.24. The molecule has 0 amide bonds. The zero-order valence-corrected chi connectivity index (χ0v) is 15.9. The molecule has 0 atom stereocenters. The fourth-order valence-corrected chi connectivity index (χ4v) is 4.25. The van der Waals surface area contributed by atoms with Crippen LogP contribution in [0.5, 0.6) is 5.75 Å². The standard InChI is InChI=1S/C21H23NO3S/c1-3-15-25-20-13-14-21(19-12-8-7-11-18(19)20)26(23,24)22(2)16-17-9-5-4-6-10-17/h4-14H,3,15-16H2,1-2H3. The SMILES string of the molecule is CCCOc1ccc(S(=O)(=O)N(C)Cc2ccccc2)c2ccccc12. The largest absolute Gasteiger partial charge is 0.493 e. The van der Waals surface area contributed by atoms with Gasteiger partial charge in [0.05, 0.1) is 11.5 Å². The molecule has 0 aliphatic rings. The first-order valence-corrected chi connectivity index (χ1v) is 10.1. The van der Waals surface area contributed by atoms with Crippen LogP contribution in [0.4, 0.5) is 0 Å². The van der Waals surface area contributed by atoms with Crippen molar-refractivity contribution in [2.45, 2.75) is 24.8 Å². The second kappa shape index (κ2) is 7.89. The molecule has 0 aliphatic heterocycles. The third-order valence-corrected chi connectivity index (χ3v) is 6.10. The van der Waals surface area contributed by atoms with E-state index in [0.29, 0.717) is 29.2 Å². The maximum Gasteiger partial charge on any atom is 0.243 e. The minimum absolute atomic E-state index is 0.301. The van der Waals surface area contributed by atoms with Crippen molar-refractivity contribution in [1.82, 2.24) is 4.31 Å². The Labute approximate surface area is 155 Å². The highest BCUT2D eigenvalue weighted by Crippen LogP contribution is 2.32. The van der Waals surface area contributed by atoms with Crippen molar-refractivity contribution in [3.05, 3.63) is 72.3 Å². The molecule has 0 radical (unpaired) electrons. The lowest BCUT2D eigenvalue weighted by atomic mass is 10.1. The Bertz CT molecular complexity index is 985. The van der Waals surface area contributed by atoms with Crippen molar-refractivity contribution < 1.29 is 13.2 Å². The second-order valence-corrected chi connectivity index (χ2v) is 8.22. The zero-order valence-electron chi connectivity index (χ0n) is 15.1. The molecule has 0 spiro atoms. The Morgan fingerprint density at radius 3 is 2.23 bits per heavy atom. The van der Waals surface area contributed by atoms with Gasteiger partial charge < -0.3 is 4.74 Å². The molecular formula is C21H23NO3S. The average Bonchev–Trinajstić information content (AvgIpc) is 2.66. The molecule has 0 bridgehead atoms. The van der Waals surface area contributed by atoms with Crippen LogP contribution in [0, 0.1) is 0 Å². The van der Waals surface area contributed by atoms with Crippen LogP contribution in [0.2, 0.25) is 0 Å². The Balaban J connectivity index is 2.01. The second-order valence-electron chi connectivity index (χ2n) is 6.20. The summed E-state index contributed by atoms with van der Waals surface area (Å²) in [4.78, 5) is 0.301. The van der Waals surface area contributed by atoms with Crippen LogP contribution in [-0.4, -0.2) is 26.4 Å². The summed E-state index contributed by atoms with van der Waals surface area (Å²) >= 11 is 0. The van der Waals surface area contributed by atoms with Gasteiger partial charge in [-0.2, -0.15) is 4.31 Å². The van der Waals surface area contributed by atoms with Crippen LogP contribution in [-0.2, 0) is 16.6 Å². The number of rotatable bonds is 7. The predicted molar refractivity (Wildman–Crippen MR) is 105 cm³/mol. The highest BCUT2D eigenvalue weighted by molar-refractivity contribution is 7.89. The molecule has 0 N–H and O–H groups in total. The van der Waals surface area contributed by atoms with Gasteiger partial charge in [-0.1, -0.05) is 61.5 Å². The number of benzene rings is 3. The van der Waals surface area contributed by atoms with Crippen molar-refractivity contribution in [2.24, 2.45) is 0 Å². The average molecular weight is 369 g/mol. The highest BCUT2D eigenvalue weighted by atomic mass is 32.2. The molecule has 0 saturated heterocycles. The summed E-state index contributed by atoms with van der Waals surface area (Å²) in [5.41, 5.74) is 0.950. The Morgan fingerprint density at radius 2 is 1.54 bits per heavy atom. The summed E-state index contributed by atoms with van der Waals surface area (Å²) in [5.74, 6) is 0.715. The van der Waals surface area contributed by atoms with Crippen molar-refractivity contribution in [3.63, 3.8) is 0 Å². The van der Waals surface area contributed by atoms with E-state index in [-0.39, 0.29) is 0 Å². The fraction of sp³-hybridized carbons (Fsp3) is 0.238. The molecule has 3 rings (SSSR count). The van der Waals surface area contributed by atoms with Crippen LogP contribution in [0.3, 0.4) is 0 Å². The Kier molecular flexibility index (Phi) is 5.59. The molecule has 0 saturated carbocycles. The van der Waals surface area contributed by atoms with Gasteiger partial charge in [0.2, 0.25) is 10.0 Å². The molecule has 3 aromatic carbocycles. The van der Waals surface area contributed by atoms with Gasteiger partial charge in [-0.3, -0.25) is 0 Å². The minimum Gasteiger partial charge on any atom is -0.493 e. The van der Waals surface area contributed by atoms with Gasteiger partial charge >= 0.3 is 0 Å². The first-order chi connectivity index (χ1) is 12.5. The molecule has 0 aliphatic carbocycles. The van der Waals surface area contributed by atoms with Crippen LogP contribution < -0.4 is 4.74 Å². The summed E-state index contributed by atoms with van der Waals surface area (Å²) in [7, 11) is -2.01. The molecule has 0 fully saturated rings. The van der Waals surface area contributed by atoms with E-state index < -0.39 is 10.0 Å². The lowest BCUT2D eigenvalue weighted by Crippen LogP contribution is -2.26. The predicted octanol–water partition coefficient (Wildman–Crippen LogP) is 4.45. The van der Waals surface area contributed by atoms with Crippen molar-refractivity contribution in [1.29, 1.82) is 0 Å². The first kappa shape index (κ1) is 18.4. The molecule has 5 heteroatoms. The van der Waals surface area contributed by atoms with Gasteiger partial charge in [-0.25, -0.2) is 8.42 Å². The molecular weight excluding hydrogens is 346 g/mol. The summed E-state index contributed by atoms with van der Waals surface area (Å²) in [6, 6.07) is 20.4. The molecule has 4 nitrogen and oxygen atoms in total. The topological polar surface area (TPSA) is 46.6 Å². The van der Waals surface area contributed by atoms with Gasteiger partial charge in [0.15, 0.2) is 0 Å². The van der Waals surface area contributed by atoms with Crippen LogP contribution >= 0.6 is 0 Å². The van der Waals surface area contributed by atoms with E-state index >= 15 is 0 Å². The van der Waals surface area contributed by atoms with Gasteiger partial charge in [0.25, 0.3) is 0 Å². The third-order valence-electron chi connectivity index (χ3n) is 4.24. The molecule has 0 heterocycles. The fourth-order valence-electron chi connectivity index (χ4n) is 2.90. The third kappa shape index (κ3) is 3.74. The van der Waals surface area contributed by atoms with Gasteiger partial charge in [-0.05, 0) is 24.1 Å². The number of fused-ring (bicyclic) bond motifs is 1. The maximum atomic E-state index is 13.2. The number of ether oxygens (including phenoxy) is 1. The summed E-state index contributed by atoms with van der Waals surface area (Å²) in [6.45, 7) is 2.97. The van der Waals surface area contributed by atoms with E-state index in [4.69, 9.17) is 4.74 Å². The smallest absolute Gasteiger partial charge is 0.243 e. The normalized spacial score (nSPS) is 11.8. The van der Waals surface area contributed by atoms with Crippen molar-refractivity contribution in [3.8, 4) is 5.75 Å². The van der Waals surface area contributed by atoms with Gasteiger partial charge in [0, 0.05) is 24.4 Å². The maximum absolute atomic E-state index is 13.2. The van der Waals surface area contributed by atoms with E-state index in [9.17, 15) is 8.42 Å². The van der Waals surface area contributed by atoms with Crippen LogP contribution in [0.15, 0.2) is 71.6 Å². The quantitative estimate of drug-likeness (QED) is 0.618. The first-order valence-electron chi connectivity index (χ1n) is 8.69. The zero-order chi connectivity index (χ0) is 18.6. The number of nitrogens with zero attached hydrogens (tertiary/aromatic N) is 1. The van der Waals surface area contributed by atoms with E-state index in [1.54, 1.807) is 19.2 Å².